The van der Waals surface area contributed by atoms with Crippen molar-refractivity contribution in [1.29, 1.82) is 0 Å². The molecular weight excluding hydrogens is 283 g/mol. The number of rotatable bonds is 16. The fourth-order valence-electron chi connectivity index (χ4n) is 2.56. The van der Waals surface area contributed by atoms with Crippen LogP contribution in [0.1, 0.15) is 96.8 Å². The second-order valence-electron chi connectivity index (χ2n) is 6.13. The van der Waals surface area contributed by atoms with Gasteiger partial charge in [-0.25, -0.2) is 10.6 Å². The van der Waals surface area contributed by atoms with Crippen LogP contribution in [0.15, 0.2) is 0 Å². The van der Waals surface area contributed by atoms with Crippen molar-refractivity contribution in [3.63, 3.8) is 0 Å². The fourth-order valence-corrected chi connectivity index (χ4v) is 3.04. The average molecular weight is 320 g/mol. The Balaban J connectivity index is 3.01. The normalized spacial score (nSPS) is 14.2. The van der Waals surface area contributed by atoms with E-state index in [0.717, 1.165) is 12.8 Å². The lowest BCUT2D eigenvalue weighted by molar-refractivity contribution is 0.461. The van der Waals surface area contributed by atoms with Crippen LogP contribution in [0.2, 0.25) is 0 Å². The minimum atomic E-state index is -3.50. The third-order valence-electron chi connectivity index (χ3n) is 3.87. The molecule has 1 unspecified atom stereocenters. The Morgan fingerprint density at radius 1 is 0.762 bits per heavy atom. The summed E-state index contributed by atoms with van der Waals surface area (Å²) in [5.41, 5.74) is 4.99. The van der Waals surface area contributed by atoms with Crippen LogP contribution in [0.3, 0.4) is 0 Å². The van der Waals surface area contributed by atoms with Crippen molar-refractivity contribution in [2.75, 3.05) is 6.54 Å². The number of hydrogen-bond acceptors (Lipinski definition) is 1. The largest absolute Gasteiger partial charge is 0.335 e. The second-order valence-corrected chi connectivity index (χ2v) is 7.69. The first-order valence-electron chi connectivity index (χ1n) is 8.93. The number of unbranched alkanes of at least 4 members (excludes halogenated alkanes) is 13. The lowest BCUT2D eigenvalue weighted by atomic mass is 10.0. The van der Waals surface area contributed by atoms with Crippen LogP contribution in [0.25, 0.3) is 0 Å². The summed E-state index contributed by atoms with van der Waals surface area (Å²) in [4.78, 5) is 8.84. The highest BCUT2D eigenvalue weighted by Gasteiger charge is 2.06. The first-order valence-corrected chi connectivity index (χ1v) is 10.7. The molecule has 0 aliphatic heterocycles. The summed E-state index contributed by atoms with van der Waals surface area (Å²) in [7, 11) is -3.50. The van der Waals surface area contributed by atoms with Gasteiger partial charge in [-0.2, -0.15) is 0 Å². The molecule has 0 rings (SSSR count). The predicted octanol–water partition coefficient (Wildman–Crippen LogP) is 5.12. The molecule has 4 N–H and O–H groups in total. The molecule has 0 aliphatic rings. The molecule has 0 spiro atoms. The lowest BCUT2D eigenvalue weighted by Gasteiger charge is -2.07. The van der Waals surface area contributed by atoms with Gasteiger partial charge < -0.3 is 4.89 Å². The van der Waals surface area contributed by atoms with Gasteiger partial charge in [-0.1, -0.05) is 90.4 Å². The molecule has 0 aromatic rings. The van der Waals surface area contributed by atoms with Gasteiger partial charge in [-0.3, -0.25) is 4.57 Å². The molecular formula is C16H37N2O2P. The topological polar surface area (TPSA) is 75.3 Å². The summed E-state index contributed by atoms with van der Waals surface area (Å²) >= 11 is 0. The van der Waals surface area contributed by atoms with Crippen molar-refractivity contribution in [3.05, 3.63) is 0 Å². The van der Waals surface area contributed by atoms with E-state index >= 15 is 0 Å². The zero-order valence-electron chi connectivity index (χ0n) is 14.0. The maximum Gasteiger partial charge on any atom is 0.335 e. The summed E-state index contributed by atoms with van der Waals surface area (Å²) in [6, 6.07) is 0. The smallest absolute Gasteiger partial charge is 0.322 e. The van der Waals surface area contributed by atoms with E-state index in [4.69, 9.17) is 10.4 Å². The van der Waals surface area contributed by atoms with Crippen molar-refractivity contribution in [1.82, 2.24) is 5.09 Å². The van der Waals surface area contributed by atoms with Crippen LogP contribution >= 0.6 is 7.67 Å². The lowest BCUT2D eigenvalue weighted by Crippen LogP contribution is -2.16. The molecule has 21 heavy (non-hydrogen) atoms. The van der Waals surface area contributed by atoms with E-state index in [0.29, 0.717) is 6.54 Å². The van der Waals surface area contributed by atoms with Gasteiger partial charge in [0.2, 0.25) is 0 Å². The first-order chi connectivity index (χ1) is 10.1. The first kappa shape index (κ1) is 21.1. The van der Waals surface area contributed by atoms with Crippen LogP contribution in [0.5, 0.6) is 0 Å². The summed E-state index contributed by atoms with van der Waals surface area (Å²) in [6.07, 6.45) is 18.4. The maximum atomic E-state index is 10.8. The third kappa shape index (κ3) is 20.1. The highest BCUT2D eigenvalue weighted by Crippen LogP contribution is 2.22. The van der Waals surface area contributed by atoms with Crippen molar-refractivity contribution < 1.29 is 9.46 Å². The van der Waals surface area contributed by atoms with Gasteiger partial charge in [0.15, 0.2) is 0 Å². The molecule has 1 atom stereocenters. The zero-order valence-corrected chi connectivity index (χ0v) is 14.9. The van der Waals surface area contributed by atoms with Gasteiger partial charge in [0.25, 0.3) is 0 Å². The molecule has 5 heteroatoms. The fraction of sp³-hybridized carbons (Fsp3) is 1.00. The molecule has 128 valence electrons. The highest BCUT2D eigenvalue weighted by molar-refractivity contribution is 7.53. The Hall–Kier alpha value is 0.110. The van der Waals surface area contributed by atoms with Crippen molar-refractivity contribution in [3.8, 4) is 0 Å². The average Bonchev–Trinajstić information content (AvgIpc) is 2.42. The van der Waals surface area contributed by atoms with Crippen LogP contribution in [-0.4, -0.2) is 11.4 Å². The quantitative estimate of drug-likeness (QED) is 0.273. The van der Waals surface area contributed by atoms with Gasteiger partial charge in [0.05, 0.1) is 0 Å². The molecule has 0 amide bonds. The van der Waals surface area contributed by atoms with E-state index in [1.54, 1.807) is 0 Å². The van der Waals surface area contributed by atoms with E-state index in [9.17, 15) is 4.57 Å². The standard InChI is InChI=1S/C16H37N2O2P/c1-2-3-4-5-6-7-8-9-10-11-12-13-14-15-16-18-21(17,19)20/h2-16H2,1H3,(H4,17,18,19,20). The van der Waals surface area contributed by atoms with Gasteiger partial charge in [-0.05, 0) is 6.42 Å². The van der Waals surface area contributed by atoms with Gasteiger partial charge >= 0.3 is 7.67 Å². The van der Waals surface area contributed by atoms with Crippen LogP contribution in [0.4, 0.5) is 0 Å². The molecule has 0 heterocycles. The molecule has 0 saturated carbocycles. The van der Waals surface area contributed by atoms with E-state index < -0.39 is 7.67 Å². The summed E-state index contributed by atoms with van der Waals surface area (Å²) < 4.78 is 10.8. The van der Waals surface area contributed by atoms with Crippen molar-refractivity contribution in [2.45, 2.75) is 96.8 Å². The minimum Gasteiger partial charge on any atom is -0.322 e. The Morgan fingerprint density at radius 2 is 1.10 bits per heavy atom. The van der Waals surface area contributed by atoms with Gasteiger partial charge in [0.1, 0.15) is 0 Å². The summed E-state index contributed by atoms with van der Waals surface area (Å²) in [5.74, 6) is 0. The molecule has 0 aromatic carbocycles. The van der Waals surface area contributed by atoms with Crippen molar-refractivity contribution in [2.24, 2.45) is 5.50 Å². The number of nitrogens with one attached hydrogen (secondary N) is 1. The SMILES string of the molecule is CCCCCCCCCCCCCCCCNP(N)(=O)O. The molecule has 0 bridgehead atoms. The molecule has 0 radical (unpaired) electrons. The van der Waals surface area contributed by atoms with Crippen LogP contribution < -0.4 is 10.6 Å². The van der Waals surface area contributed by atoms with E-state index in [1.165, 1.54) is 77.0 Å². The molecule has 0 aliphatic carbocycles. The Morgan fingerprint density at radius 3 is 1.43 bits per heavy atom. The molecule has 0 saturated heterocycles. The van der Waals surface area contributed by atoms with Gasteiger partial charge in [0, 0.05) is 6.54 Å². The van der Waals surface area contributed by atoms with E-state index in [2.05, 4.69) is 12.0 Å². The minimum absolute atomic E-state index is 0.544. The summed E-state index contributed by atoms with van der Waals surface area (Å²) in [6.45, 7) is 2.81. The second kappa shape index (κ2) is 15.0. The Labute approximate surface area is 131 Å². The third-order valence-corrected chi connectivity index (χ3v) is 4.55. The van der Waals surface area contributed by atoms with Gasteiger partial charge in [-0.15, -0.1) is 0 Å². The molecule has 0 aromatic heterocycles. The Kier molecular flexibility index (Phi) is 15.1. The zero-order chi connectivity index (χ0) is 15.8. The maximum absolute atomic E-state index is 10.8. The number of nitrogens with two attached hydrogens (primary N) is 1. The van der Waals surface area contributed by atoms with Crippen molar-refractivity contribution >= 4 is 7.67 Å². The highest BCUT2D eigenvalue weighted by atomic mass is 31.2. The number of hydrogen-bond donors (Lipinski definition) is 3. The monoisotopic (exact) mass is 320 g/mol. The summed E-state index contributed by atoms with van der Waals surface area (Å²) in [5, 5.41) is 2.45. The predicted molar refractivity (Wildman–Crippen MR) is 92.3 cm³/mol. The molecule has 4 nitrogen and oxygen atoms in total. The van der Waals surface area contributed by atoms with E-state index in [-0.39, 0.29) is 0 Å². The molecule has 0 fully saturated rings. The van der Waals surface area contributed by atoms with Crippen LogP contribution in [-0.2, 0) is 4.57 Å². The Bertz CT molecular complexity index is 257. The van der Waals surface area contributed by atoms with E-state index in [1.807, 2.05) is 0 Å². The van der Waals surface area contributed by atoms with Crippen LogP contribution in [0, 0.1) is 0 Å².